The molecule has 2 rings (SSSR count). The Morgan fingerprint density at radius 2 is 2.11 bits per heavy atom. The van der Waals surface area contributed by atoms with Gasteiger partial charge in [-0.1, -0.05) is 19.8 Å². The number of carbonyl (C=O) groups is 1. The fraction of sp³-hybridized carbons (Fsp3) is 0.533. The molecule has 104 valence electrons. The molecule has 0 aromatic heterocycles. The standard InChI is InChI=1S/C15H22N2O2/c1-10-3-2-4-11(6-5-10)17-12-7-8-14(16)13(9-12)15(18)19/h7-11,17H,2-6,16H2,1H3,(H,18,19). The van der Waals surface area contributed by atoms with Crippen molar-refractivity contribution in [3.8, 4) is 0 Å². The number of aromatic carboxylic acids is 1. The highest BCUT2D eigenvalue weighted by atomic mass is 16.4. The predicted molar refractivity (Wildman–Crippen MR) is 77.5 cm³/mol. The third-order valence-corrected chi connectivity index (χ3v) is 3.91. The smallest absolute Gasteiger partial charge is 0.337 e. The first-order chi connectivity index (χ1) is 9.06. The summed E-state index contributed by atoms with van der Waals surface area (Å²) in [6.45, 7) is 2.30. The van der Waals surface area contributed by atoms with Gasteiger partial charge in [0, 0.05) is 17.4 Å². The molecule has 4 N–H and O–H groups in total. The van der Waals surface area contributed by atoms with Crippen LogP contribution in [0.5, 0.6) is 0 Å². The zero-order chi connectivity index (χ0) is 13.8. The third kappa shape index (κ3) is 3.63. The van der Waals surface area contributed by atoms with E-state index in [1.54, 1.807) is 12.1 Å². The Bertz CT molecular complexity index is 459. The van der Waals surface area contributed by atoms with Gasteiger partial charge in [0.2, 0.25) is 0 Å². The molecule has 0 aliphatic heterocycles. The fourth-order valence-electron chi connectivity index (χ4n) is 2.70. The average molecular weight is 262 g/mol. The lowest BCUT2D eigenvalue weighted by molar-refractivity contribution is 0.0698. The summed E-state index contributed by atoms with van der Waals surface area (Å²) in [4.78, 5) is 11.1. The summed E-state index contributed by atoms with van der Waals surface area (Å²) in [6.07, 6.45) is 6.06. The molecule has 4 heteroatoms. The SMILES string of the molecule is CC1CCCC(Nc2ccc(N)c(C(=O)O)c2)CC1. The van der Waals surface area contributed by atoms with Crippen LogP contribution in [-0.2, 0) is 0 Å². The Morgan fingerprint density at radius 1 is 1.32 bits per heavy atom. The number of anilines is 2. The molecule has 0 radical (unpaired) electrons. The number of benzene rings is 1. The largest absolute Gasteiger partial charge is 0.478 e. The molecule has 0 heterocycles. The van der Waals surface area contributed by atoms with Crippen molar-refractivity contribution >= 4 is 17.3 Å². The summed E-state index contributed by atoms with van der Waals surface area (Å²) in [7, 11) is 0. The second-order valence-corrected chi connectivity index (χ2v) is 5.56. The van der Waals surface area contributed by atoms with E-state index in [4.69, 9.17) is 10.8 Å². The summed E-state index contributed by atoms with van der Waals surface area (Å²) in [6, 6.07) is 5.59. The molecule has 19 heavy (non-hydrogen) atoms. The van der Waals surface area contributed by atoms with E-state index < -0.39 is 5.97 Å². The molecule has 0 saturated heterocycles. The van der Waals surface area contributed by atoms with Crippen LogP contribution in [0.1, 0.15) is 49.4 Å². The second-order valence-electron chi connectivity index (χ2n) is 5.56. The van der Waals surface area contributed by atoms with Crippen molar-refractivity contribution in [2.45, 2.75) is 45.1 Å². The number of carboxylic acids is 1. The van der Waals surface area contributed by atoms with Crippen LogP contribution in [0.3, 0.4) is 0 Å². The van der Waals surface area contributed by atoms with Crippen LogP contribution in [0, 0.1) is 5.92 Å². The third-order valence-electron chi connectivity index (χ3n) is 3.91. The molecular formula is C15H22N2O2. The summed E-state index contributed by atoms with van der Waals surface area (Å²) in [5.41, 5.74) is 7.00. The van der Waals surface area contributed by atoms with Gasteiger partial charge >= 0.3 is 5.97 Å². The van der Waals surface area contributed by atoms with Crippen molar-refractivity contribution < 1.29 is 9.90 Å². The summed E-state index contributed by atoms with van der Waals surface area (Å²) in [5.74, 6) is -0.177. The lowest BCUT2D eigenvalue weighted by atomic mass is 10.0. The van der Waals surface area contributed by atoms with Gasteiger partial charge in [-0.25, -0.2) is 4.79 Å². The highest BCUT2D eigenvalue weighted by molar-refractivity contribution is 5.94. The average Bonchev–Trinajstić information content (AvgIpc) is 2.56. The van der Waals surface area contributed by atoms with Gasteiger partial charge in [-0.2, -0.15) is 0 Å². The van der Waals surface area contributed by atoms with Crippen LogP contribution < -0.4 is 11.1 Å². The van der Waals surface area contributed by atoms with E-state index in [0.717, 1.165) is 24.4 Å². The Kier molecular flexibility index (Phi) is 4.30. The molecule has 0 bridgehead atoms. The lowest BCUT2D eigenvalue weighted by Gasteiger charge is -2.18. The van der Waals surface area contributed by atoms with Gasteiger partial charge in [-0.05, 0) is 43.4 Å². The minimum absolute atomic E-state index is 0.173. The number of nitrogen functional groups attached to an aromatic ring is 1. The maximum atomic E-state index is 11.1. The van der Waals surface area contributed by atoms with Crippen LogP contribution in [0.25, 0.3) is 0 Å². The van der Waals surface area contributed by atoms with Crippen LogP contribution in [0.15, 0.2) is 18.2 Å². The molecule has 1 aliphatic rings. The quantitative estimate of drug-likeness (QED) is 0.577. The van der Waals surface area contributed by atoms with E-state index in [1.807, 2.05) is 6.07 Å². The van der Waals surface area contributed by atoms with Gasteiger partial charge in [0.25, 0.3) is 0 Å². The zero-order valence-corrected chi connectivity index (χ0v) is 11.4. The first-order valence-corrected chi connectivity index (χ1v) is 6.95. The van der Waals surface area contributed by atoms with E-state index in [-0.39, 0.29) is 5.56 Å². The van der Waals surface area contributed by atoms with E-state index >= 15 is 0 Å². The lowest BCUT2D eigenvalue weighted by Crippen LogP contribution is -2.18. The highest BCUT2D eigenvalue weighted by Crippen LogP contribution is 2.26. The fourth-order valence-corrected chi connectivity index (χ4v) is 2.70. The highest BCUT2D eigenvalue weighted by Gasteiger charge is 2.16. The molecule has 1 fully saturated rings. The molecule has 1 aromatic carbocycles. The number of rotatable bonds is 3. The Morgan fingerprint density at radius 3 is 2.84 bits per heavy atom. The van der Waals surface area contributed by atoms with Gasteiger partial charge < -0.3 is 16.2 Å². The minimum Gasteiger partial charge on any atom is -0.478 e. The first-order valence-electron chi connectivity index (χ1n) is 6.95. The molecule has 0 spiro atoms. The topological polar surface area (TPSA) is 75.3 Å². The van der Waals surface area contributed by atoms with Gasteiger partial charge in [0.1, 0.15) is 0 Å². The molecule has 1 aromatic rings. The van der Waals surface area contributed by atoms with Gasteiger partial charge in [0.05, 0.1) is 5.56 Å². The van der Waals surface area contributed by atoms with Crippen molar-refractivity contribution in [2.75, 3.05) is 11.1 Å². The van der Waals surface area contributed by atoms with Crippen molar-refractivity contribution in [1.82, 2.24) is 0 Å². The van der Waals surface area contributed by atoms with E-state index in [9.17, 15) is 4.79 Å². The van der Waals surface area contributed by atoms with Crippen molar-refractivity contribution in [3.05, 3.63) is 23.8 Å². The van der Waals surface area contributed by atoms with Gasteiger partial charge in [0.15, 0.2) is 0 Å². The Balaban J connectivity index is 2.06. The molecule has 4 nitrogen and oxygen atoms in total. The zero-order valence-electron chi connectivity index (χ0n) is 11.4. The number of nitrogens with one attached hydrogen (secondary N) is 1. The van der Waals surface area contributed by atoms with Crippen molar-refractivity contribution in [3.63, 3.8) is 0 Å². The van der Waals surface area contributed by atoms with E-state index in [0.29, 0.717) is 11.7 Å². The second kappa shape index (κ2) is 5.95. The normalized spacial score (nSPS) is 23.6. The van der Waals surface area contributed by atoms with Crippen molar-refractivity contribution in [1.29, 1.82) is 0 Å². The van der Waals surface area contributed by atoms with Crippen LogP contribution in [-0.4, -0.2) is 17.1 Å². The molecule has 2 unspecified atom stereocenters. The number of hydrogen-bond donors (Lipinski definition) is 3. The number of carboxylic acid groups (broad SMARTS) is 1. The molecule has 1 saturated carbocycles. The first kappa shape index (κ1) is 13.7. The van der Waals surface area contributed by atoms with Crippen LogP contribution >= 0.6 is 0 Å². The van der Waals surface area contributed by atoms with Crippen molar-refractivity contribution in [2.24, 2.45) is 5.92 Å². The molecule has 1 aliphatic carbocycles. The summed E-state index contributed by atoms with van der Waals surface area (Å²) < 4.78 is 0. The monoisotopic (exact) mass is 262 g/mol. The molecule has 2 atom stereocenters. The van der Waals surface area contributed by atoms with Crippen LogP contribution in [0.2, 0.25) is 0 Å². The maximum Gasteiger partial charge on any atom is 0.337 e. The molecular weight excluding hydrogens is 240 g/mol. The van der Waals surface area contributed by atoms with Gasteiger partial charge in [-0.3, -0.25) is 0 Å². The molecule has 0 amide bonds. The number of nitrogens with two attached hydrogens (primary N) is 1. The predicted octanol–water partition coefficient (Wildman–Crippen LogP) is 3.35. The Labute approximate surface area is 114 Å². The summed E-state index contributed by atoms with van der Waals surface area (Å²) in [5, 5.41) is 12.5. The maximum absolute atomic E-state index is 11.1. The van der Waals surface area contributed by atoms with E-state index in [2.05, 4.69) is 12.2 Å². The van der Waals surface area contributed by atoms with Crippen LogP contribution in [0.4, 0.5) is 11.4 Å². The number of hydrogen-bond acceptors (Lipinski definition) is 3. The Hall–Kier alpha value is -1.71. The minimum atomic E-state index is -0.976. The summed E-state index contributed by atoms with van der Waals surface area (Å²) >= 11 is 0. The van der Waals surface area contributed by atoms with E-state index in [1.165, 1.54) is 19.3 Å². The van der Waals surface area contributed by atoms with Gasteiger partial charge in [-0.15, -0.1) is 0 Å².